The van der Waals surface area contributed by atoms with E-state index < -0.39 is 11.4 Å². The van der Waals surface area contributed by atoms with Gasteiger partial charge in [-0.2, -0.15) is 5.10 Å². The molecule has 24 heavy (non-hydrogen) atoms. The molecule has 0 saturated carbocycles. The minimum absolute atomic E-state index is 0.132. The van der Waals surface area contributed by atoms with E-state index in [1.54, 1.807) is 12.4 Å². The van der Waals surface area contributed by atoms with Gasteiger partial charge in [0.1, 0.15) is 4.75 Å². The number of nitrogens with one attached hydrogen (secondary N) is 1. The molecule has 5 nitrogen and oxygen atoms in total. The summed E-state index contributed by atoms with van der Waals surface area (Å²) in [7, 11) is 0. The van der Waals surface area contributed by atoms with Crippen molar-refractivity contribution >= 4 is 22.3 Å². The van der Waals surface area contributed by atoms with Crippen LogP contribution in [-0.4, -0.2) is 24.1 Å². The SMILES string of the molecule is C[C@H](N[S+]([O-])C(C)(C)C)c1nn(-c2cccnc2)c2ccccc12. The van der Waals surface area contributed by atoms with Gasteiger partial charge in [-0.3, -0.25) is 4.98 Å². The lowest BCUT2D eigenvalue weighted by Gasteiger charge is -2.25. The molecule has 0 bridgehead atoms. The molecular weight excluding hydrogens is 320 g/mol. The Labute approximate surface area is 145 Å². The molecule has 0 radical (unpaired) electrons. The number of hydrogen-bond acceptors (Lipinski definition) is 4. The molecule has 2 aromatic heterocycles. The van der Waals surface area contributed by atoms with Crippen molar-refractivity contribution in [2.75, 3.05) is 0 Å². The molecule has 3 rings (SSSR count). The van der Waals surface area contributed by atoms with Gasteiger partial charge in [0.15, 0.2) is 0 Å². The lowest BCUT2D eigenvalue weighted by molar-refractivity contribution is 0.529. The number of pyridine rings is 1. The van der Waals surface area contributed by atoms with E-state index in [4.69, 9.17) is 5.10 Å². The Kier molecular flexibility index (Phi) is 4.62. The number of aromatic nitrogens is 3. The van der Waals surface area contributed by atoms with E-state index in [-0.39, 0.29) is 10.8 Å². The molecule has 0 saturated heterocycles. The van der Waals surface area contributed by atoms with E-state index >= 15 is 0 Å². The molecule has 0 spiro atoms. The quantitative estimate of drug-likeness (QED) is 0.737. The third kappa shape index (κ3) is 3.31. The van der Waals surface area contributed by atoms with E-state index in [0.717, 1.165) is 22.3 Å². The number of nitrogens with zero attached hydrogens (tertiary/aromatic N) is 3. The fourth-order valence-electron chi connectivity index (χ4n) is 2.48. The molecule has 0 aliphatic rings. The summed E-state index contributed by atoms with van der Waals surface area (Å²) in [5.41, 5.74) is 2.80. The zero-order chi connectivity index (χ0) is 17.3. The Morgan fingerprint density at radius 3 is 2.58 bits per heavy atom. The Morgan fingerprint density at radius 1 is 1.17 bits per heavy atom. The first-order valence-corrected chi connectivity index (χ1v) is 9.09. The predicted molar refractivity (Wildman–Crippen MR) is 98.3 cm³/mol. The number of para-hydroxylation sites is 1. The molecule has 0 amide bonds. The zero-order valence-electron chi connectivity index (χ0n) is 14.4. The third-order valence-electron chi connectivity index (χ3n) is 3.76. The van der Waals surface area contributed by atoms with Gasteiger partial charge in [0.05, 0.1) is 29.1 Å². The van der Waals surface area contributed by atoms with Crippen LogP contribution in [0.5, 0.6) is 0 Å². The molecule has 2 heterocycles. The first kappa shape index (κ1) is 17.0. The van der Waals surface area contributed by atoms with Gasteiger partial charge >= 0.3 is 0 Å². The van der Waals surface area contributed by atoms with Crippen molar-refractivity contribution in [2.24, 2.45) is 0 Å². The summed E-state index contributed by atoms with van der Waals surface area (Å²) in [6, 6.07) is 11.8. The molecule has 2 atom stereocenters. The summed E-state index contributed by atoms with van der Waals surface area (Å²) in [5, 5.41) is 5.82. The second-order valence-electron chi connectivity index (χ2n) is 6.75. The van der Waals surface area contributed by atoms with Gasteiger partial charge in [-0.1, -0.05) is 18.2 Å². The van der Waals surface area contributed by atoms with Gasteiger partial charge in [-0.05, 0) is 45.9 Å². The van der Waals surface area contributed by atoms with Gasteiger partial charge in [-0.25, -0.2) is 4.68 Å². The maximum Gasteiger partial charge on any atom is 0.136 e. The van der Waals surface area contributed by atoms with Crippen LogP contribution >= 0.6 is 0 Å². The highest BCUT2D eigenvalue weighted by Crippen LogP contribution is 2.27. The smallest absolute Gasteiger partial charge is 0.136 e. The monoisotopic (exact) mass is 342 g/mol. The van der Waals surface area contributed by atoms with E-state index in [1.165, 1.54) is 0 Å². The fourth-order valence-corrected chi connectivity index (χ4v) is 3.27. The second-order valence-corrected chi connectivity index (χ2v) is 8.74. The number of rotatable bonds is 4. The second kappa shape index (κ2) is 6.55. The van der Waals surface area contributed by atoms with Crippen LogP contribution in [0.15, 0.2) is 48.8 Å². The van der Waals surface area contributed by atoms with Crippen LogP contribution in [0, 0.1) is 0 Å². The Bertz CT molecular complexity index is 826. The predicted octanol–water partition coefficient (Wildman–Crippen LogP) is 3.53. The minimum Gasteiger partial charge on any atom is -0.598 e. The first-order valence-electron chi connectivity index (χ1n) is 7.94. The Hall–Kier alpha value is -1.89. The topological polar surface area (TPSA) is 65.8 Å². The summed E-state index contributed by atoms with van der Waals surface area (Å²) < 4.78 is 17.2. The van der Waals surface area contributed by atoms with Gasteiger partial charge < -0.3 is 4.55 Å². The lowest BCUT2D eigenvalue weighted by atomic mass is 10.1. The summed E-state index contributed by atoms with van der Waals surface area (Å²) in [5.74, 6) is 0. The van der Waals surface area contributed by atoms with E-state index in [0.29, 0.717) is 0 Å². The van der Waals surface area contributed by atoms with Crippen LogP contribution in [0.3, 0.4) is 0 Å². The molecule has 126 valence electrons. The van der Waals surface area contributed by atoms with Crippen LogP contribution in [-0.2, 0) is 11.4 Å². The zero-order valence-corrected chi connectivity index (χ0v) is 15.2. The van der Waals surface area contributed by atoms with Crippen molar-refractivity contribution in [3.63, 3.8) is 0 Å². The van der Waals surface area contributed by atoms with Gasteiger partial charge in [-0.15, -0.1) is 4.72 Å². The standard InChI is InChI=1S/C18H22N4OS/c1-13(21-24(23)18(2,3)4)17-15-9-5-6-10-16(15)22(20-17)14-8-7-11-19-12-14/h5-13,21H,1-4H3/t13-,24?/m0/s1. The van der Waals surface area contributed by atoms with Crippen molar-refractivity contribution in [3.8, 4) is 5.69 Å². The summed E-state index contributed by atoms with van der Waals surface area (Å²) >= 11 is -1.16. The molecule has 0 fully saturated rings. The molecular formula is C18H22N4OS. The molecule has 1 unspecified atom stereocenters. The van der Waals surface area contributed by atoms with Crippen LogP contribution < -0.4 is 4.72 Å². The normalized spacial score (nSPS) is 14.7. The van der Waals surface area contributed by atoms with E-state index in [2.05, 4.69) is 9.71 Å². The lowest BCUT2D eigenvalue weighted by Crippen LogP contribution is -2.40. The fraction of sp³-hybridized carbons (Fsp3) is 0.333. The number of hydrogen-bond donors (Lipinski definition) is 1. The number of benzene rings is 1. The Morgan fingerprint density at radius 2 is 1.92 bits per heavy atom. The van der Waals surface area contributed by atoms with Gasteiger partial charge in [0.25, 0.3) is 0 Å². The summed E-state index contributed by atoms with van der Waals surface area (Å²) in [4.78, 5) is 4.18. The molecule has 3 aromatic rings. The Balaban J connectivity index is 2.03. The largest absolute Gasteiger partial charge is 0.598 e. The average molecular weight is 342 g/mol. The van der Waals surface area contributed by atoms with Crippen molar-refractivity contribution in [1.29, 1.82) is 0 Å². The highest BCUT2D eigenvalue weighted by molar-refractivity contribution is 7.90. The highest BCUT2D eigenvalue weighted by Gasteiger charge is 2.30. The molecule has 0 aliphatic heterocycles. The number of fused-ring (bicyclic) bond motifs is 1. The highest BCUT2D eigenvalue weighted by atomic mass is 32.2. The van der Waals surface area contributed by atoms with Crippen molar-refractivity contribution in [1.82, 2.24) is 19.5 Å². The average Bonchev–Trinajstić information content (AvgIpc) is 2.94. The molecule has 6 heteroatoms. The third-order valence-corrected chi connectivity index (χ3v) is 5.44. The first-order chi connectivity index (χ1) is 11.4. The minimum atomic E-state index is -1.16. The maximum absolute atomic E-state index is 12.4. The molecule has 0 aliphatic carbocycles. The van der Waals surface area contributed by atoms with Crippen LogP contribution in [0.4, 0.5) is 0 Å². The van der Waals surface area contributed by atoms with Crippen LogP contribution in [0.25, 0.3) is 16.6 Å². The van der Waals surface area contributed by atoms with Gasteiger partial charge in [0.2, 0.25) is 0 Å². The van der Waals surface area contributed by atoms with Crippen LogP contribution in [0.1, 0.15) is 39.4 Å². The van der Waals surface area contributed by atoms with Crippen molar-refractivity contribution in [3.05, 3.63) is 54.5 Å². The molecule has 1 N–H and O–H groups in total. The van der Waals surface area contributed by atoms with E-state index in [1.807, 2.05) is 68.8 Å². The van der Waals surface area contributed by atoms with Gasteiger partial charge in [0, 0.05) is 22.9 Å². The van der Waals surface area contributed by atoms with E-state index in [9.17, 15) is 4.55 Å². The maximum atomic E-state index is 12.4. The summed E-state index contributed by atoms with van der Waals surface area (Å²) in [6.45, 7) is 7.85. The van der Waals surface area contributed by atoms with Crippen LogP contribution in [0.2, 0.25) is 0 Å². The molecule has 1 aromatic carbocycles. The summed E-state index contributed by atoms with van der Waals surface area (Å²) in [6.07, 6.45) is 3.53. The van der Waals surface area contributed by atoms with Crippen molar-refractivity contribution in [2.45, 2.75) is 38.5 Å². The van der Waals surface area contributed by atoms with Crippen molar-refractivity contribution < 1.29 is 4.55 Å².